The van der Waals surface area contributed by atoms with Gasteiger partial charge in [-0.2, -0.15) is 0 Å². The van der Waals surface area contributed by atoms with Gasteiger partial charge in [-0.1, -0.05) is 27.5 Å². The van der Waals surface area contributed by atoms with Crippen LogP contribution in [0.15, 0.2) is 44.3 Å². The second kappa shape index (κ2) is 8.37. The molecule has 1 aromatic carbocycles. The van der Waals surface area contributed by atoms with Crippen molar-refractivity contribution in [1.29, 1.82) is 0 Å². The standard InChI is InChI=1S/C12H6Br2ClFN2O3S.Na/c13-6-1-2-8(10(16)3-6)12(19)18-22(20,21)7-4-9(14)11(15)17-5-7;/h1-5H,(H,18,19);/q;+1/p-1. The molecule has 0 aliphatic heterocycles. The van der Waals surface area contributed by atoms with Gasteiger partial charge in [0.2, 0.25) is 0 Å². The van der Waals surface area contributed by atoms with Gasteiger partial charge in [-0.05, 0) is 40.2 Å². The number of hydrogen-bond donors (Lipinski definition) is 0. The van der Waals surface area contributed by atoms with Gasteiger partial charge in [0.25, 0.3) is 0 Å². The van der Waals surface area contributed by atoms with Gasteiger partial charge < -0.3 is 9.52 Å². The minimum Gasteiger partial charge on any atom is -0.537 e. The molecule has 0 N–H and O–H groups in total. The second-order valence-corrected chi connectivity index (χ2v) is 7.67. The molecule has 0 spiro atoms. The molecule has 2 aromatic rings. The molecule has 23 heavy (non-hydrogen) atoms. The molecule has 116 valence electrons. The maximum atomic E-state index is 13.7. The zero-order valence-corrected chi connectivity index (χ0v) is 18.2. The van der Waals surface area contributed by atoms with Crippen molar-refractivity contribution in [2.45, 2.75) is 4.90 Å². The Bertz CT molecular complexity index is 867. The van der Waals surface area contributed by atoms with E-state index < -0.39 is 27.3 Å². The molecule has 0 aliphatic rings. The molecule has 0 unspecified atom stereocenters. The molecular formula is C12H5Br2ClFN2NaO3S. The van der Waals surface area contributed by atoms with Crippen LogP contribution >= 0.6 is 43.5 Å². The molecule has 1 amide bonds. The third-order valence-corrected chi connectivity index (χ3v) is 5.29. The van der Waals surface area contributed by atoms with Gasteiger partial charge in [0, 0.05) is 16.2 Å². The fraction of sp³-hybridized carbons (Fsp3) is 0. The molecule has 0 saturated carbocycles. The van der Waals surface area contributed by atoms with Gasteiger partial charge in [0.05, 0.1) is 15.3 Å². The van der Waals surface area contributed by atoms with Crippen LogP contribution in [0.25, 0.3) is 4.72 Å². The van der Waals surface area contributed by atoms with Gasteiger partial charge in [0.1, 0.15) is 21.0 Å². The topological polar surface area (TPSA) is 78.2 Å². The molecule has 0 bridgehead atoms. The van der Waals surface area contributed by atoms with Gasteiger partial charge >= 0.3 is 29.6 Å². The average Bonchev–Trinajstić information content (AvgIpc) is 2.40. The second-order valence-electron chi connectivity index (χ2n) is 3.94. The molecule has 0 fully saturated rings. The van der Waals surface area contributed by atoms with Crippen molar-refractivity contribution in [2.24, 2.45) is 0 Å². The van der Waals surface area contributed by atoms with Gasteiger partial charge in [-0.15, -0.1) is 0 Å². The maximum absolute atomic E-state index is 13.7. The van der Waals surface area contributed by atoms with Crippen molar-refractivity contribution >= 4 is 59.4 Å². The van der Waals surface area contributed by atoms with Crippen molar-refractivity contribution in [3.05, 3.63) is 60.7 Å². The quantitative estimate of drug-likeness (QED) is 0.476. The predicted octanol–water partition coefficient (Wildman–Crippen LogP) is 1.31. The summed E-state index contributed by atoms with van der Waals surface area (Å²) in [6.45, 7) is 0. The first-order chi connectivity index (χ1) is 10.2. The minimum atomic E-state index is -4.33. The van der Waals surface area contributed by atoms with E-state index in [-0.39, 0.29) is 44.1 Å². The number of halogens is 4. The number of amides is 1. The minimum absolute atomic E-state index is 0. The molecule has 5 nitrogen and oxygen atoms in total. The Hall–Kier alpha value is -0.0300. The first-order valence-corrected chi connectivity index (χ1v) is 8.89. The third kappa shape index (κ3) is 5.22. The Kier molecular flexibility index (Phi) is 7.65. The number of carbonyl (C=O) groups excluding carboxylic acids is 1. The normalized spacial score (nSPS) is 10.8. The first kappa shape index (κ1) is 21.0. The van der Waals surface area contributed by atoms with Crippen molar-refractivity contribution in [1.82, 2.24) is 4.98 Å². The maximum Gasteiger partial charge on any atom is 1.00 e. The summed E-state index contributed by atoms with van der Waals surface area (Å²) in [6.07, 6.45) is 0.956. The third-order valence-electron chi connectivity index (χ3n) is 2.43. The van der Waals surface area contributed by atoms with E-state index in [1.165, 1.54) is 6.07 Å². The molecule has 0 saturated heterocycles. The van der Waals surface area contributed by atoms with Crippen LogP contribution in [0.5, 0.6) is 0 Å². The van der Waals surface area contributed by atoms with Crippen LogP contribution in [0.2, 0.25) is 5.15 Å². The predicted molar refractivity (Wildman–Crippen MR) is 85.9 cm³/mol. The van der Waals surface area contributed by atoms with E-state index in [4.69, 9.17) is 11.6 Å². The van der Waals surface area contributed by atoms with Gasteiger partial charge in [-0.25, -0.2) is 17.8 Å². The largest absolute Gasteiger partial charge is 1.00 e. The number of hydrogen-bond acceptors (Lipinski definition) is 4. The molecule has 0 radical (unpaired) electrons. The molecule has 1 aromatic heterocycles. The van der Waals surface area contributed by atoms with E-state index in [0.717, 1.165) is 24.4 Å². The average molecular weight is 494 g/mol. The van der Waals surface area contributed by atoms with Crippen LogP contribution in [-0.4, -0.2) is 19.3 Å². The number of aromatic nitrogens is 1. The Morgan fingerprint density at radius 1 is 1.26 bits per heavy atom. The van der Waals surface area contributed by atoms with Crippen molar-refractivity contribution in [3.8, 4) is 0 Å². The molecular weight excluding hydrogens is 489 g/mol. The molecule has 0 aliphatic carbocycles. The van der Waals surface area contributed by atoms with E-state index in [9.17, 15) is 17.6 Å². The number of rotatable bonds is 3. The number of pyridine rings is 1. The monoisotopic (exact) mass is 492 g/mol. The van der Waals surface area contributed by atoms with Crippen molar-refractivity contribution < 1.29 is 47.2 Å². The summed E-state index contributed by atoms with van der Waals surface area (Å²) in [5, 5.41) is 0.0595. The summed E-state index contributed by atoms with van der Waals surface area (Å²) in [4.78, 5) is 15.2. The van der Waals surface area contributed by atoms with Crippen LogP contribution < -0.4 is 29.6 Å². The molecule has 2 rings (SSSR count). The van der Waals surface area contributed by atoms with Crippen molar-refractivity contribution in [3.63, 3.8) is 0 Å². The summed E-state index contributed by atoms with van der Waals surface area (Å²) < 4.78 is 41.4. The van der Waals surface area contributed by atoms with Crippen LogP contribution in [-0.2, 0) is 10.0 Å². The summed E-state index contributed by atoms with van der Waals surface area (Å²) in [5.74, 6) is -2.09. The number of sulfonamides is 1. The zero-order valence-electron chi connectivity index (χ0n) is 11.4. The van der Waals surface area contributed by atoms with Crippen LogP contribution in [0, 0.1) is 5.82 Å². The van der Waals surface area contributed by atoms with E-state index >= 15 is 0 Å². The van der Waals surface area contributed by atoms with Crippen LogP contribution in [0.1, 0.15) is 10.4 Å². The molecule has 1 heterocycles. The molecule has 0 atom stereocenters. The summed E-state index contributed by atoms with van der Waals surface area (Å²) in [7, 11) is -4.33. The van der Waals surface area contributed by atoms with E-state index in [1.807, 2.05) is 0 Å². The van der Waals surface area contributed by atoms with E-state index in [0.29, 0.717) is 4.47 Å². The first-order valence-electron chi connectivity index (χ1n) is 5.49. The zero-order chi connectivity index (χ0) is 16.5. The van der Waals surface area contributed by atoms with E-state index in [1.54, 1.807) is 0 Å². The Labute approximate surface area is 175 Å². The molecule has 11 heteroatoms. The Balaban J connectivity index is 0.00000264. The smallest absolute Gasteiger partial charge is 0.537 e. The van der Waals surface area contributed by atoms with Gasteiger partial charge in [0.15, 0.2) is 0 Å². The summed E-state index contributed by atoms with van der Waals surface area (Å²) in [5.41, 5.74) is -0.451. The Morgan fingerprint density at radius 3 is 2.48 bits per heavy atom. The fourth-order valence-corrected chi connectivity index (χ4v) is 3.23. The SMILES string of the molecule is O=C([N-]S(=O)(=O)c1cnc(Cl)c(Br)c1)c1ccc(Br)cc1F.[Na+]. The van der Waals surface area contributed by atoms with Crippen molar-refractivity contribution in [2.75, 3.05) is 0 Å². The van der Waals surface area contributed by atoms with Crippen LogP contribution in [0.4, 0.5) is 4.39 Å². The van der Waals surface area contributed by atoms with Gasteiger partial charge in [-0.3, -0.25) is 0 Å². The fourth-order valence-electron chi connectivity index (χ4n) is 1.42. The van der Waals surface area contributed by atoms with Crippen LogP contribution in [0.3, 0.4) is 0 Å². The van der Waals surface area contributed by atoms with E-state index in [2.05, 4.69) is 41.6 Å². The Morgan fingerprint density at radius 2 is 1.91 bits per heavy atom. The number of benzene rings is 1. The summed E-state index contributed by atoms with van der Waals surface area (Å²) >= 11 is 11.7. The number of carbonyl (C=O) groups is 1. The summed E-state index contributed by atoms with van der Waals surface area (Å²) in [6, 6.07) is 4.73. The number of nitrogens with zero attached hydrogens (tertiary/aromatic N) is 2.